The summed E-state index contributed by atoms with van der Waals surface area (Å²) in [6.07, 6.45) is 1.06. The van der Waals surface area contributed by atoms with Crippen LogP contribution >= 0.6 is 11.6 Å². The summed E-state index contributed by atoms with van der Waals surface area (Å²) in [6.45, 7) is 3.72. The summed E-state index contributed by atoms with van der Waals surface area (Å²) >= 11 is 5.88. The van der Waals surface area contributed by atoms with Gasteiger partial charge in [0.2, 0.25) is 17.2 Å². The van der Waals surface area contributed by atoms with Crippen LogP contribution in [0, 0.1) is 5.92 Å². The van der Waals surface area contributed by atoms with Crippen LogP contribution in [0.4, 0.5) is 11.9 Å². The van der Waals surface area contributed by atoms with Crippen molar-refractivity contribution in [3.63, 3.8) is 0 Å². The van der Waals surface area contributed by atoms with Gasteiger partial charge in [0.1, 0.15) is 0 Å². The Labute approximate surface area is 112 Å². The van der Waals surface area contributed by atoms with E-state index in [0.29, 0.717) is 17.8 Å². The molecule has 2 heterocycles. The number of aromatic nitrogens is 3. The van der Waals surface area contributed by atoms with Crippen molar-refractivity contribution in [1.29, 1.82) is 0 Å². The average molecular weight is 272 g/mol. The highest BCUT2D eigenvalue weighted by molar-refractivity contribution is 6.28. The Kier molecular flexibility index (Phi) is 4.19. The quantitative estimate of drug-likeness (QED) is 0.894. The third kappa shape index (κ3) is 3.20. The molecular formula is C11H18ClN5O. The highest BCUT2D eigenvalue weighted by atomic mass is 35.5. The van der Waals surface area contributed by atoms with Gasteiger partial charge in [-0.25, -0.2) is 0 Å². The van der Waals surface area contributed by atoms with Crippen molar-refractivity contribution >= 4 is 23.5 Å². The van der Waals surface area contributed by atoms with Gasteiger partial charge in [-0.15, -0.1) is 0 Å². The molecule has 0 aromatic carbocycles. The average Bonchev–Trinajstić information content (AvgIpc) is 2.81. The zero-order chi connectivity index (χ0) is 13.1. The number of halogens is 1. The number of nitrogens with zero attached hydrogens (tertiary/aromatic N) is 4. The van der Waals surface area contributed by atoms with Gasteiger partial charge in [-0.2, -0.15) is 15.0 Å². The third-order valence-corrected chi connectivity index (χ3v) is 3.19. The smallest absolute Gasteiger partial charge is 0.230 e. The normalized spacial score (nSPS) is 20.8. The van der Waals surface area contributed by atoms with E-state index >= 15 is 0 Å². The van der Waals surface area contributed by atoms with Crippen molar-refractivity contribution < 1.29 is 4.74 Å². The zero-order valence-corrected chi connectivity index (χ0v) is 11.6. The maximum atomic E-state index is 5.88. The summed E-state index contributed by atoms with van der Waals surface area (Å²) in [6, 6.07) is 0.251. The molecule has 0 bridgehead atoms. The standard InChI is InChI=1S/C11H18ClN5O/c1-7(8-4-5-18-6-8)13-10-14-9(12)15-11(16-10)17(2)3/h7-8H,4-6H2,1-3H3,(H,13,14,15,16). The molecule has 1 aromatic heterocycles. The molecule has 2 unspecified atom stereocenters. The van der Waals surface area contributed by atoms with E-state index in [1.807, 2.05) is 14.1 Å². The van der Waals surface area contributed by atoms with Crippen LogP contribution in [0.25, 0.3) is 0 Å². The van der Waals surface area contributed by atoms with Crippen LogP contribution in [0.2, 0.25) is 5.28 Å². The van der Waals surface area contributed by atoms with Crippen LogP contribution < -0.4 is 10.2 Å². The van der Waals surface area contributed by atoms with Crippen LogP contribution in [0.5, 0.6) is 0 Å². The molecule has 0 saturated carbocycles. The molecule has 100 valence electrons. The maximum absolute atomic E-state index is 5.88. The van der Waals surface area contributed by atoms with E-state index in [9.17, 15) is 0 Å². The predicted molar refractivity (Wildman–Crippen MR) is 71.2 cm³/mol. The number of rotatable bonds is 4. The number of ether oxygens (including phenoxy) is 1. The summed E-state index contributed by atoms with van der Waals surface area (Å²) < 4.78 is 5.37. The molecule has 1 fully saturated rings. The van der Waals surface area contributed by atoms with Gasteiger partial charge in [-0.3, -0.25) is 0 Å². The molecule has 1 aliphatic rings. The molecule has 0 aliphatic carbocycles. The molecule has 0 spiro atoms. The summed E-state index contributed by atoms with van der Waals surface area (Å²) in [4.78, 5) is 14.2. The zero-order valence-electron chi connectivity index (χ0n) is 10.9. The Hall–Kier alpha value is -1.14. The maximum Gasteiger partial charge on any atom is 0.230 e. The SMILES string of the molecule is CC(Nc1nc(Cl)nc(N(C)C)n1)C1CCOC1. The van der Waals surface area contributed by atoms with Crippen molar-refractivity contribution in [3.05, 3.63) is 5.28 Å². The molecular weight excluding hydrogens is 254 g/mol. The fourth-order valence-corrected chi connectivity index (χ4v) is 2.03. The molecule has 1 aromatic rings. The number of hydrogen-bond acceptors (Lipinski definition) is 6. The van der Waals surface area contributed by atoms with Crippen molar-refractivity contribution in [2.24, 2.45) is 5.92 Å². The lowest BCUT2D eigenvalue weighted by atomic mass is 10.0. The van der Waals surface area contributed by atoms with E-state index in [1.54, 1.807) is 4.90 Å². The van der Waals surface area contributed by atoms with E-state index in [4.69, 9.17) is 16.3 Å². The fourth-order valence-electron chi connectivity index (χ4n) is 1.87. The Morgan fingerprint density at radius 1 is 1.39 bits per heavy atom. The lowest BCUT2D eigenvalue weighted by Crippen LogP contribution is -2.27. The van der Waals surface area contributed by atoms with Gasteiger partial charge < -0.3 is 15.0 Å². The topological polar surface area (TPSA) is 63.2 Å². The second kappa shape index (κ2) is 5.67. The minimum atomic E-state index is 0.200. The second-order valence-corrected chi connectivity index (χ2v) is 5.02. The molecule has 1 aliphatic heterocycles. The van der Waals surface area contributed by atoms with Crippen LogP contribution in [0.15, 0.2) is 0 Å². The Morgan fingerprint density at radius 3 is 2.78 bits per heavy atom. The lowest BCUT2D eigenvalue weighted by molar-refractivity contribution is 0.183. The summed E-state index contributed by atoms with van der Waals surface area (Å²) in [7, 11) is 3.73. The van der Waals surface area contributed by atoms with Gasteiger partial charge in [-0.05, 0) is 24.9 Å². The van der Waals surface area contributed by atoms with Gasteiger partial charge in [0.25, 0.3) is 0 Å². The van der Waals surface area contributed by atoms with Crippen LogP contribution in [0.3, 0.4) is 0 Å². The van der Waals surface area contributed by atoms with Crippen LogP contribution in [-0.2, 0) is 4.74 Å². The molecule has 6 nitrogen and oxygen atoms in total. The molecule has 18 heavy (non-hydrogen) atoms. The highest BCUT2D eigenvalue weighted by Gasteiger charge is 2.23. The van der Waals surface area contributed by atoms with Crippen molar-refractivity contribution in [3.8, 4) is 0 Å². The van der Waals surface area contributed by atoms with E-state index < -0.39 is 0 Å². The van der Waals surface area contributed by atoms with Gasteiger partial charge in [-0.1, -0.05) is 0 Å². The molecule has 0 radical (unpaired) electrons. The Bertz CT molecular complexity index is 408. The highest BCUT2D eigenvalue weighted by Crippen LogP contribution is 2.20. The molecule has 1 N–H and O–H groups in total. The monoisotopic (exact) mass is 271 g/mol. The third-order valence-electron chi connectivity index (χ3n) is 3.03. The van der Waals surface area contributed by atoms with Gasteiger partial charge >= 0.3 is 0 Å². The summed E-state index contributed by atoms with van der Waals surface area (Å²) in [5.74, 6) is 1.55. The molecule has 1 saturated heterocycles. The van der Waals surface area contributed by atoms with E-state index in [0.717, 1.165) is 19.6 Å². The van der Waals surface area contributed by atoms with Gasteiger partial charge in [0.05, 0.1) is 6.61 Å². The molecule has 7 heteroatoms. The number of nitrogens with one attached hydrogen (secondary N) is 1. The first kappa shape index (κ1) is 13.3. The van der Waals surface area contributed by atoms with Crippen molar-refractivity contribution in [2.75, 3.05) is 37.5 Å². The van der Waals surface area contributed by atoms with Gasteiger partial charge in [0.15, 0.2) is 0 Å². The fraction of sp³-hybridized carbons (Fsp3) is 0.727. The minimum Gasteiger partial charge on any atom is -0.381 e. The van der Waals surface area contributed by atoms with Crippen molar-refractivity contribution in [2.45, 2.75) is 19.4 Å². The minimum absolute atomic E-state index is 0.200. The largest absolute Gasteiger partial charge is 0.381 e. The van der Waals surface area contributed by atoms with Crippen molar-refractivity contribution in [1.82, 2.24) is 15.0 Å². The lowest BCUT2D eigenvalue weighted by Gasteiger charge is -2.20. The predicted octanol–water partition coefficient (Wildman–Crippen LogP) is 1.43. The molecule has 2 rings (SSSR count). The molecule has 0 amide bonds. The van der Waals surface area contributed by atoms with Crippen LogP contribution in [0.1, 0.15) is 13.3 Å². The summed E-state index contributed by atoms with van der Waals surface area (Å²) in [5, 5.41) is 3.47. The van der Waals surface area contributed by atoms with E-state index in [2.05, 4.69) is 27.2 Å². The van der Waals surface area contributed by atoms with E-state index in [-0.39, 0.29) is 11.3 Å². The van der Waals surface area contributed by atoms with Crippen LogP contribution in [-0.4, -0.2) is 48.3 Å². The molecule has 2 atom stereocenters. The van der Waals surface area contributed by atoms with Gasteiger partial charge in [0, 0.05) is 32.7 Å². The van der Waals surface area contributed by atoms with E-state index in [1.165, 1.54) is 0 Å². The Morgan fingerprint density at radius 2 is 2.17 bits per heavy atom. The second-order valence-electron chi connectivity index (χ2n) is 4.68. The first-order chi connectivity index (χ1) is 8.56. The first-order valence-electron chi connectivity index (χ1n) is 5.99. The number of hydrogen-bond donors (Lipinski definition) is 1. The Balaban J connectivity index is 2.08. The number of anilines is 2. The summed E-state index contributed by atoms with van der Waals surface area (Å²) in [5.41, 5.74) is 0. The first-order valence-corrected chi connectivity index (χ1v) is 6.37.